The Balaban J connectivity index is 0.000000130. The van der Waals surface area contributed by atoms with Crippen molar-refractivity contribution in [1.29, 1.82) is 0 Å². The van der Waals surface area contributed by atoms with Gasteiger partial charge in [0.25, 0.3) is 0 Å². The number of carbonyl (C=O) groups excluding carboxylic acids is 1. The number of methoxy groups -OCH3 is 2. The summed E-state index contributed by atoms with van der Waals surface area (Å²) < 4.78 is 26.4. The monoisotopic (exact) mass is 877 g/mol. The number of phenols is 2. The number of hydrogen-bond acceptors (Lipinski definition) is 10. The lowest BCUT2D eigenvalue weighted by Gasteiger charge is -2.75. The summed E-state index contributed by atoms with van der Waals surface area (Å²) in [6, 6.07) is 8.86. The molecule has 10 fully saturated rings. The maximum Gasteiger partial charge on any atom is 0.165 e. The van der Waals surface area contributed by atoms with Crippen LogP contribution in [0.4, 0.5) is 0 Å². The Kier molecular flexibility index (Phi) is 8.26. The topological polar surface area (TPSA) is 121 Å². The Morgan fingerprint density at radius 2 is 1.17 bits per heavy atom. The van der Waals surface area contributed by atoms with Crippen molar-refractivity contribution in [2.24, 2.45) is 39.9 Å². The molecule has 4 spiro atoms. The first kappa shape index (κ1) is 41.3. The van der Waals surface area contributed by atoms with Gasteiger partial charge in [-0.15, -0.1) is 0 Å². The molecule has 0 aromatic heterocycles. The summed E-state index contributed by atoms with van der Waals surface area (Å²) in [7, 11) is 3.59. The van der Waals surface area contributed by atoms with Crippen LogP contribution in [0, 0.1) is 39.9 Å². The van der Waals surface area contributed by atoms with Crippen molar-refractivity contribution in [2.75, 3.05) is 40.4 Å². The van der Waals surface area contributed by atoms with Crippen molar-refractivity contribution in [3.05, 3.63) is 46.5 Å². The molecule has 0 amide bonds. The zero-order valence-electron chi connectivity index (χ0n) is 39.4. The van der Waals surface area contributed by atoms with Gasteiger partial charge < -0.3 is 34.3 Å². The van der Waals surface area contributed by atoms with Crippen LogP contribution >= 0.6 is 0 Å². The number of benzene rings is 2. The quantitative estimate of drug-likeness (QED) is 0.245. The average Bonchev–Trinajstić information content (AvgIpc) is 4.20. The van der Waals surface area contributed by atoms with Crippen LogP contribution in [0.15, 0.2) is 24.3 Å². The predicted molar refractivity (Wildman–Crippen MR) is 241 cm³/mol. The van der Waals surface area contributed by atoms with Crippen LogP contribution in [-0.4, -0.2) is 112 Å². The molecule has 0 radical (unpaired) electrons. The highest BCUT2D eigenvalue weighted by Crippen LogP contribution is 2.79. The van der Waals surface area contributed by atoms with E-state index in [4.69, 9.17) is 18.9 Å². The number of nitrogens with zero attached hydrogens (tertiary/aromatic N) is 2. The van der Waals surface area contributed by atoms with Crippen LogP contribution in [0.2, 0.25) is 0 Å². The highest BCUT2D eigenvalue weighted by Gasteiger charge is 2.83. The molecule has 0 unspecified atom stereocenters. The highest BCUT2D eigenvalue weighted by atomic mass is 16.6. The third-order valence-electron chi connectivity index (χ3n) is 22.0. The molecule has 4 aliphatic heterocycles. The molecule has 10 aliphatic carbocycles. The molecule has 16 rings (SSSR count). The van der Waals surface area contributed by atoms with Crippen LogP contribution in [0.1, 0.15) is 134 Å². The van der Waals surface area contributed by atoms with Gasteiger partial charge in [-0.3, -0.25) is 14.6 Å². The smallest absolute Gasteiger partial charge is 0.165 e. The van der Waals surface area contributed by atoms with Gasteiger partial charge in [0, 0.05) is 78.1 Å². The lowest BCUT2D eigenvalue weighted by atomic mass is 9.33. The number of aliphatic hydroxyl groups is 1. The van der Waals surface area contributed by atoms with Crippen molar-refractivity contribution in [1.82, 2.24) is 9.80 Å². The third-order valence-corrected chi connectivity index (χ3v) is 22.0. The number of hydrogen-bond donors (Lipinski definition) is 3. The summed E-state index contributed by atoms with van der Waals surface area (Å²) in [6.07, 6.45) is 15.1. The molecule has 10 heteroatoms. The number of aromatic hydroxyl groups is 2. The molecular formula is C54H72N2O8. The first-order valence-corrected chi connectivity index (χ1v) is 25.3. The van der Waals surface area contributed by atoms with E-state index in [0.29, 0.717) is 23.6 Å². The van der Waals surface area contributed by atoms with Gasteiger partial charge >= 0.3 is 0 Å². The van der Waals surface area contributed by atoms with Crippen LogP contribution in [0.5, 0.6) is 23.0 Å². The number of ether oxygens (including phenoxy) is 4. The Hall–Kier alpha value is -2.89. The maximum atomic E-state index is 12.9. The van der Waals surface area contributed by atoms with Crippen molar-refractivity contribution >= 4 is 5.78 Å². The molecule has 13 atom stereocenters. The molecule has 2 saturated heterocycles. The average molecular weight is 877 g/mol. The van der Waals surface area contributed by atoms with E-state index in [1.807, 2.05) is 26.2 Å². The van der Waals surface area contributed by atoms with Crippen molar-refractivity contribution in [2.45, 2.75) is 176 Å². The van der Waals surface area contributed by atoms with Gasteiger partial charge in [0.2, 0.25) is 0 Å². The van der Waals surface area contributed by atoms with E-state index in [-0.39, 0.29) is 68.4 Å². The molecular weight excluding hydrogens is 805 g/mol. The van der Waals surface area contributed by atoms with Crippen molar-refractivity contribution in [3.8, 4) is 23.0 Å². The SMILES string of the molecule is CO[C@]12CC[C@@]3(C[C@@H]1C(C)=O)[C@H]1Cc4ccc(O)c5c4[C@@]3(CCN1CC1CC1)[C@H]2O5.CO[C@]12CC[C@@]3(C[C@@H]1[C@](C)(O)C(C)(C)C)[C@H]1Cc4ccc(O)c5c4[C@@]3(CCN1CC1CC1)[C@H]2O5. The molecule has 14 aliphatic rings. The first-order chi connectivity index (χ1) is 30.5. The van der Waals surface area contributed by atoms with Gasteiger partial charge in [0.05, 0.1) is 11.5 Å². The van der Waals surface area contributed by atoms with E-state index < -0.39 is 16.8 Å². The number of fused-ring (bicyclic) bond motifs is 4. The fourth-order valence-electron chi connectivity index (χ4n) is 18.5. The molecule has 8 saturated carbocycles. The third kappa shape index (κ3) is 4.61. The summed E-state index contributed by atoms with van der Waals surface area (Å²) in [4.78, 5) is 18.5. The Labute approximate surface area is 379 Å². The fourth-order valence-corrected chi connectivity index (χ4v) is 18.5. The summed E-state index contributed by atoms with van der Waals surface area (Å²) in [6.45, 7) is 14.8. The normalized spacial score (nSPS) is 44.5. The van der Waals surface area contributed by atoms with E-state index in [1.165, 1.54) is 61.0 Å². The van der Waals surface area contributed by atoms with Gasteiger partial charge in [0.1, 0.15) is 29.2 Å². The second-order valence-corrected chi connectivity index (χ2v) is 24.8. The van der Waals surface area contributed by atoms with E-state index in [1.54, 1.807) is 14.0 Å². The molecule has 4 heterocycles. The van der Waals surface area contributed by atoms with Gasteiger partial charge in [-0.05, 0) is 157 Å². The Bertz CT molecular complexity index is 2350. The van der Waals surface area contributed by atoms with E-state index in [0.717, 1.165) is 89.1 Å². The maximum absolute atomic E-state index is 12.9. The number of phenolic OH excluding ortho intramolecular Hbond substituents is 2. The van der Waals surface area contributed by atoms with Crippen LogP contribution in [0.3, 0.4) is 0 Å². The standard InChI is InChI=1S/C29H41NO4.C25H31NO4/c1-25(2,3)26(4,32)20-15-27-10-11-29(20,33-5)24-28(27)12-13-30(16-17-6-7-17)21(27)14-18-8-9-19(31)23(34-24)22(18)28;1-14(27)17-12-23-7-8-25(17,29-2)22-24(23)9-10-26(13-15-3-4-15)19(23)11-16-5-6-18(28)21(30-22)20(16)24/h8-9,17,20-21,24,31-32H,6-7,10-16H2,1-5H3;5-6,15,17,19,22,28H,3-4,7-13H2,1-2H3/t20-,21-,24-,26+,27-,28+,29-;17-,19-,22-,23-,24+,25-/m11/s1. The Morgan fingerprint density at radius 1 is 0.703 bits per heavy atom. The molecule has 10 nitrogen and oxygen atoms in total. The molecule has 2 aromatic rings. The zero-order valence-corrected chi connectivity index (χ0v) is 39.4. The van der Waals surface area contributed by atoms with Gasteiger partial charge in [-0.2, -0.15) is 0 Å². The summed E-state index contributed by atoms with van der Waals surface area (Å²) >= 11 is 0. The van der Waals surface area contributed by atoms with Crippen LogP contribution in [0.25, 0.3) is 0 Å². The van der Waals surface area contributed by atoms with Crippen molar-refractivity contribution in [3.63, 3.8) is 0 Å². The van der Waals surface area contributed by atoms with Crippen LogP contribution < -0.4 is 9.47 Å². The minimum Gasteiger partial charge on any atom is -0.504 e. The minimum absolute atomic E-state index is 0.0294. The number of rotatable bonds is 8. The van der Waals surface area contributed by atoms with E-state index in [9.17, 15) is 20.1 Å². The molecule has 3 N–H and O–H groups in total. The highest BCUT2D eigenvalue weighted by molar-refractivity contribution is 5.81. The van der Waals surface area contributed by atoms with E-state index >= 15 is 0 Å². The second-order valence-electron chi connectivity index (χ2n) is 24.8. The fraction of sp³-hybridized carbons (Fsp3) is 0.759. The van der Waals surface area contributed by atoms with Crippen molar-refractivity contribution < 1.29 is 39.1 Å². The molecule has 2 aromatic carbocycles. The number of Topliss-reactive ketones (excluding diaryl/α,β-unsaturated/α-hetero) is 1. The van der Waals surface area contributed by atoms with Gasteiger partial charge in [0.15, 0.2) is 23.0 Å². The lowest BCUT2D eigenvalue weighted by molar-refractivity contribution is -0.312. The number of piperidine rings is 2. The number of carbonyl (C=O) groups is 1. The summed E-state index contributed by atoms with van der Waals surface area (Å²) in [5.41, 5.74) is 2.70. The zero-order chi connectivity index (χ0) is 44.4. The number of ketones is 1. The molecule has 346 valence electrons. The number of likely N-dealkylation sites (tertiary alicyclic amines) is 2. The van der Waals surface area contributed by atoms with Crippen LogP contribution in [-0.2, 0) is 37.9 Å². The first-order valence-electron chi connectivity index (χ1n) is 25.3. The lowest BCUT2D eigenvalue weighted by Crippen LogP contribution is -2.83. The molecule has 8 bridgehead atoms. The second kappa shape index (κ2) is 12.8. The Morgan fingerprint density at radius 3 is 1.62 bits per heavy atom. The van der Waals surface area contributed by atoms with E-state index in [2.05, 4.69) is 42.7 Å². The largest absolute Gasteiger partial charge is 0.504 e. The van der Waals surface area contributed by atoms with Gasteiger partial charge in [-0.25, -0.2) is 0 Å². The minimum atomic E-state index is -0.909. The molecule has 64 heavy (non-hydrogen) atoms. The summed E-state index contributed by atoms with van der Waals surface area (Å²) in [5, 5.41) is 33.9. The van der Waals surface area contributed by atoms with Gasteiger partial charge in [-0.1, -0.05) is 32.9 Å². The predicted octanol–water partition coefficient (Wildman–Crippen LogP) is 7.62. The summed E-state index contributed by atoms with van der Waals surface area (Å²) in [5.74, 6) is 3.69.